The van der Waals surface area contributed by atoms with Gasteiger partial charge in [-0.25, -0.2) is 4.79 Å². The van der Waals surface area contributed by atoms with Crippen LogP contribution in [0.5, 0.6) is 0 Å². The molecule has 0 saturated carbocycles. The van der Waals surface area contributed by atoms with Gasteiger partial charge in [-0.2, -0.15) is 8.78 Å². The minimum Gasteiger partial charge on any atom is -0.424 e. The maximum atomic E-state index is 11.6. The van der Waals surface area contributed by atoms with Crippen LogP contribution in [-0.4, -0.2) is 24.7 Å². The van der Waals surface area contributed by atoms with Gasteiger partial charge in [0, 0.05) is 13.0 Å². The maximum absolute atomic E-state index is 11.6. The van der Waals surface area contributed by atoms with Crippen molar-refractivity contribution in [2.45, 2.75) is 25.7 Å². The predicted octanol–water partition coefficient (Wildman–Crippen LogP) is 2.05. The zero-order valence-corrected chi connectivity index (χ0v) is 7.75. The predicted molar refractivity (Wildman–Crippen MR) is 41.7 cm³/mol. The van der Waals surface area contributed by atoms with Gasteiger partial charge in [-0.05, 0) is 6.92 Å². The second-order valence-electron chi connectivity index (χ2n) is 2.93. The first-order valence-electron chi connectivity index (χ1n) is 3.99. The van der Waals surface area contributed by atoms with Gasteiger partial charge in [-0.1, -0.05) is 0 Å². The molecular weight excluding hydrogens is 198 g/mol. The van der Waals surface area contributed by atoms with E-state index in [1.165, 1.54) is 6.92 Å². The molecule has 4 nitrogen and oxygen atoms in total. The van der Waals surface area contributed by atoms with Crippen LogP contribution in [-0.2, 0) is 14.2 Å². The number of ether oxygens (including phenoxy) is 3. The minimum atomic E-state index is -1.84. The number of carbonyl (C=O) groups excluding carboxylic acids is 1. The molecule has 0 aliphatic carbocycles. The summed E-state index contributed by atoms with van der Waals surface area (Å²) in [6.07, 6.45) is -2.73. The van der Waals surface area contributed by atoms with Crippen LogP contribution in [0.4, 0.5) is 13.6 Å². The lowest BCUT2D eigenvalue weighted by atomic mass is 10.2. The molecule has 2 atom stereocenters. The number of cyclic esters (lactones) is 2. The van der Waals surface area contributed by atoms with Crippen molar-refractivity contribution in [3.05, 3.63) is 12.2 Å². The normalized spacial score (nSPS) is 30.9. The molecule has 0 amide bonds. The summed E-state index contributed by atoms with van der Waals surface area (Å²) in [4.78, 5) is 10.7. The summed E-state index contributed by atoms with van der Waals surface area (Å²) in [5.74, 6) is -1.29. The molecule has 1 aliphatic rings. The van der Waals surface area contributed by atoms with E-state index in [0.717, 1.165) is 0 Å². The van der Waals surface area contributed by atoms with E-state index < -0.39 is 24.1 Å². The van der Waals surface area contributed by atoms with E-state index >= 15 is 0 Å². The van der Waals surface area contributed by atoms with Crippen molar-refractivity contribution >= 4 is 6.16 Å². The highest BCUT2D eigenvalue weighted by Gasteiger charge is 2.46. The molecule has 1 fully saturated rings. The lowest BCUT2D eigenvalue weighted by Gasteiger charge is -2.23. The Morgan fingerprint density at radius 3 is 2.79 bits per heavy atom. The number of hydrogen-bond acceptors (Lipinski definition) is 4. The largest absolute Gasteiger partial charge is 0.511 e. The topological polar surface area (TPSA) is 44.8 Å². The fourth-order valence-electron chi connectivity index (χ4n) is 0.941. The van der Waals surface area contributed by atoms with E-state index in [1.807, 2.05) is 0 Å². The monoisotopic (exact) mass is 208 g/mol. The van der Waals surface area contributed by atoms with Crippen LogP contribution in [0.15, 0.2) is 12.2 Å². The van der Waals surface area contributed by atoms with Crippen molar-refractivity contribution in [2.75, 3.05) is 6.61 Å². The summed E-state index contributed by atoms with van der Waals surface area (Å²) in [7, 11) is 0. The zero-order valence-electron chi connectivity index (χ0n) is 7.75. The summed E-state index contributed by atoms with van der Waals surface area (Å²) >= 11 is 0. The Bertz CT molecular complexity index is 262. The Hall–Kier alpha value is -1.17. The summed E-state index contributed by atoms with van der Waals surface area (Å²) < 4.78 is 37.6. The molecule has 0 aromatic carbocycles. The first-order valence-corrected chi connectivity index (χ1v) is 3.99. The van der Waals surface area contributed by atoms with E-state index in [9.17, 15) is 13.6 Å². The average Bonchev–Trinajstić information content (AvgIpc) is 2.25. The molecule has 0 aromatic heterocycles. The highest BCUT2D eigenvalue weighted by atomic mass is 19.3. The van der Waals surface area contributed by atoms with Crippen LogP contribution < -0.4 is 0 Å². The van der Waals surface area contributed by atoms with Crippen LogP contribution in [0.1, 0.15) is 13.8 Å². The average molecular weight is 208 g/mol. The molecule has 0 bridgehead atoms. The van der Waals surface area contributed by atoms with Gasteiger partial charge in [-0.15, -0.1) is 0 Å². The standard InChI is InChI=1S/C8H10F2O4/c1-5-8(2,14-7(11)13-5)12-4-3-6(9)10/h3,5H,4H2,1-2H3. The Labute approximate surface area is 79.4 Å². The molecule has 2 unspecified atom stereocenters. The molecule has 1 aliphatic heterocycles. The molecule has 0 aromatic rings. The zero-order chi connectivity index (χ0) is 10.8. The summed E-state index contributed by atoms with van der Waals surface area (Å²) in [5, 5.41) is 0. The molecule has 6 heteroatoms. The van der Waals surface area contributed by atoms with Crippen molar-refractivity contribution in [3.8, 4) is 0 Å². The lowest BCUT2D eigenvalue weighted by Crippen LogP contribution is -2.37. The van der Waals surface area contributed by atoms with Gasteiger partial charge in [0.25, 0.3) is 11.9 Å². The minimum absolute atomic E-state index is 0.334. The third-order valence-corrected chi connectivity index (χ3v) is 1.91. The number of rotatable bonds is 3. The van der Waals surface area contributed by atoms with Crippen molar-refractivity contribution in [1.29, 1.82) is 0 Å². The molecule has 1 saturated heterocycles. The quantitative estimate of drug-likeness (QED) is 0.666. The molecule has 80 valence electrons. The van der Waals surface area contributed by atoms with Crippen LogP contribution in [0, 0.1) is 0 Å². The van der Waals surface area contributed by atoms with Crippen molar-refractivity contribution in [3.63, 3.8) is 0 Å². The fraction of sp³-hybridized carbons (Fsp3) is 0.625. The van der Waals surface area contributed by atoms with Crippen LogP contribution in [0.3, 0.4) is 0 Å². The van der Waals surface area contributed by atoms with Crippen LogP contribution >= 0.6 is 0 Å². The summed E-state index contributed by atoms with van der Waals surface area (Å²) in [6.45, 7) is 2.67. The Morgan fingerprint density at radius 2 is 2.36 bits per heavy atom. The second kappa shape index (κ2) is 3.91. The van der Waals surface area contributed by atoms with Crippen molar-refractivity contribution < 1.29 is 27.8 Å². The first-order chi connectivity index (χ1) is 6.44. The molecule has 0 N–H and O–H groups in total. The van der Waals surface area contributed by atoms with Gasteiger partial charge < -0.3 is 14.2 Å². The smallest absolute Gasteiger partial charge is 0.424 e. The lowest BCUT2D eigenvalue weighted by molar-refractivity contribution is -0.179. The summed E-state index contributed by atoms with van der Waals surface area (Å²) in [6, 6.07) is 0. The molecule has 0 spiro atoms. The number of carbonyl (C=O) groups is 1. The number of hydrogen-bond donors (Lipinski definition) is 0. The van der Waals surface area contributed by atoms with Gasteiger partial charge >= 0.3 is 6.16 Å². The van der Waals surface area contributed by atoms with Crippen LogP contribution in [0.2, 0.25) is 0 Å². The van der Waals surface area contributed by atoms with Crippen molar-refractivity contribution in [1.82, 2.24) is 0 Å². The highest BCUT2D eigenvalue weighted by molar-refractivity contribution is 5.62. The van der Waals surface area contributed by atoms with Gasteiger partial charge in [-0.3, -0.25) is 0 Å². The van der Waals surface area contributed by atoms with E-state index in [1.54, 1.807) is 6.92 Å². The molecule has 14 heavy (non-hydrogen) atoms. The highest BCUT2D eigenvalue weighted by Crippen LogP contribution is 2.27. The SMILES string of the molecule is CC1OC(=O)OC1(C)OCC=C(F)F. The van der Waals surface area contributed by atoms with E-state index in [0.29, 0.717) is 6.08 Å². The van der Waals surface area contributed by atoms with Gasteiger partial charge in [0.05, 0.1) is 6.61 Å². The Morgan fingerprint density at radius 1 is 1.71 bits per heavy atom. The maximum Gasteiger partial charge on any atom is 0.511 e. The molecule has 1 rings (SSSR count). The first kappa shape index (κ1) is 10.9. The fourth-order valence-corrected chi connectivity index (χ4v) is 0.941. The molecule has 0 radical (unpaired) electrons. The summed E-state index contributed by atoms with van der Waals surface area (Å²) in [5.41, 5.74) is 0. The van der Waals surface area contributed by atoms with E-state index in [-0.39, 0.29) is 6.61 Å². The van der Waals surface area contributed by atoms with Crippen LogP contribution in [0.25, 0.3) is 0 Å². The number of halogens is 2. The van der Waals surface area contributed by atoms with Gasteiger partial charge in [0.15, 0.2) is 6.10 Å². The molecular formula is C8H10F2O4. The van der Waals surface area contributed by atoms with E-state index in [2.05, 4.69) is 9.47 Å². The van der Waals surface area contributed by atoms with Crippen molar-refractivity contribution in [2.24, 2.45) is 0 Å². The van der Waals surface area contributed by atoms with E-state index in [4.69, 9.17) is 4.74 Å². The third-order valence-electron chi connectivity index (χ3n) is 1.91. The second-order valence-corrected chi connectivity index (χ2v) is 2.93. The van der Waals surface area contributed by atoms with Gasteiger partial charge in [0.1, 0.15) is 0 Å². The molecule has 1 heterocycles. The Balaban J connectivity index is 2.50. The van der Waals surface area contributed by atoms with Gasteiger partial charge in [0.2, 0.25) is 0 Å². The Kier molecular flexibility index (Phi) is 3.05. The third kappa shape index (κ3) is 2.41.